The molecule has 2 aromatic carbocycles. The van der Waals surface area contributed by atoms with Crippen LogP contribution in [0.4, 0.5) is 0 Å². The summed E-state index contributed by atoms with van der Waals surface area (Å²) < 4.78 is 0. The third-order valence-corrected chi connectivity index (χ3v) is 5.97. The second kappa shape index (κ2) is 12.3. The van der Waals surface area contributed by atoms with Crippen molar-refractivity contribution in [3.8, 4) is 11.1 Å². The molecule has 0 saturated carbocycles. The maximum absolute atomic E-state index is 13.0. The molecule has 1 atom stereocenters. The van der Waals surface area contributed by atoms with Crippen LogP contribution in [0.15, 0.2) is 54.6 Å². The summed E-state index contributed by atoms with van der Waals surface area (Å²) in [6.07, 6.45) is 7.19. The summed E-state index contributed by atoms with van der Waals surface area (Å²) in [5, 5.41) is 3.04. The number of amides is 2. The molecule has 5 nitrogen and oxygen atoms in total. The second-order valence-corrected chi connectivity index (χ2v) is 8.33. The van der Waals surface area contributed by atoms with Crippen LogP contribution in [0.2, 0.25) is 0 Å². The summed E-state index contributed by atoms with van der Waals surface area (Å²) in [5.41, 5.74) is 8.80. The van der Waals surface area contributed by atoms with Crippen LogP contribution >= 0.6 is 0 Å². The van der Waals surface area contributed by atoms with Gasteiger partial charge in [-0.25, -0.2) is 0 Å². The first kappa shape index (κ1) is 23.0. The van der Waals surface area contributed by atoms with E-state index in [0.29, 0.717) is 19.5 Å². The van der Waals surface area contributed by atoms with E-state index in [-0.39, 0.29) is 17.9 Å². The van der Waals surface area contributed by atoms with E-state index in [2.05, 4.69) is 29.6 Å². The summed E-state index contributed by atoms with van der Waals surface area (Å²) in [4.78, 5) is 27.5. The number of rotatable bonds is 10. The van der Waals surface area contributed by atoms with Crippen molar-refractivity contribution in [1.29, 1.82) is 0 Å². The third kappa shape index (κ3) is 6.93. The van der Waals surface area contributed by atoms with Gasteiger partial charge >= 0.3 is 0 Å². The van der Waals surface area contributed by atoms with Gasteiger partial charge in [-0.3, -0.25) is 9.59 Å². The van der Waals surface area contributed by atoms with Crippen LogP contribution in [-0.4, -0.2) is 42.4 Å². The number of carbonyl (C=O) groups is 2. The Morgan fingerprint density at radius 1 is 0.903 bits per heavy atom. The van der Waals surface area contributed by atoms with Crippen molar-refractivity contribution in [2.75, 3.05) is 19.6 Å². The van der Waals surface area contributed by atoms with E-state index in [4.69, 9.17) is 5.73 Å². The quantitative estimate of drug-likeness (QED) is 0.571. The predicted molar refractivity (Wildman–Crippen MR) is 125 cm³/mol. The number of hydrogen-bond acceptors (Lipinski definition) is 3. The lowest BCUT2D eigenvalue weighted by Crippen LogP contribution is -2.52. The van der Waals surface area contributed by atoms with Crippen molar-refractivity contribution in [3.05, 3.63) is 60.2 Å². The topological polar surface area (TPSA) is 75.4 Å². The zero-order valence-corrected chi connectivity index (χ0v) is 18.4. The maximum Gasteiger partial charge on any atom is 0.242 e. The molecule has 3 rings (SSSR count). The summed E-state index contributed by atoms with van der Waals surface area (Å²) >= 11 is 0. The minimum absolute atomic E-state index is 0.00806. The van der Waals surface area contributed by atoms with Gasteiger partial charge in [0.15, 0.2) is 0 Å². The fraction of sp³-hybridized carbons (Fsp3) is 0.462. The molecule has 1 aliphatic rings. The second-order valence-electron chi connectivity index (χ2n) is 8.33. The van der Waals surface area contributed by atoms with E-state index in [0.717, 1.165) is 68.2 Å². The minimum Gasteiger partial charge on any atom is -0.354 e. The first-order valence-electron chi connectivity index (χ1n) is 11.6. The van der Waals surface area contributed by atoms with Gasteiger partial charge in [0, 0.05) is 13.1 Å². The zero-order chi connectivity index (χ0) is 21.9. The normalized spacial score (nSPS) is 16.2. The molecule has 3 N–H and O–H groups in total. The molecule has 1 aliphatic heterocycles. The molecule has 31 heavy (non-hydrogen) atoms. The molecule has 1 saturated heterocycles. The number of nitrogens with two attached hydrogens (primary N) is 1. The standard InChI is InChI=1S/C26H35N3O2/c27-17-7-1-2-8-18-28-26(31)24-12-6-9-19-29(24)25(30)20-21-13-15-23(16-14-21)22-10-4-3-5-11-22/h3-5,10-11,13-16,24H,1-2,6-9,12,17-20,27H2,(H,28,31). The van der Waals surface area contributed by atoms with Gasteiger partial charge < -0.3 is 16.0 Å². The number of likely N-dealkylation sites (tertiary alicyclic amines) is 1. The fourth-order valence-electron chi connectivity index (χ4n) is 4.18. The number of hydrogen-bond donors (Lipinski definition) is 2. The number of nitrogens with zero attached hydrogens (tertiary/aromatic N) is 1. The highest BCUT2D eigenvalue weighted by Gasteiger charge is 2.31. The lowest BCUT2D eigenvalue weighted by molar-refractivity contribution is -0.141. The maximum atomic E-state index is 13.0. The number of carbonyl (C=O) groups excluding carboxylic acids is 2. The van der Waals surface area contributed by atoms with E-state index >= 15 is 0 Å². The average Bonchev–Trinajstić information content (AvgIpc) is 2.82. The number of nitrogens with one attached hydrogen (secondary N) is 1. The molecule has 166 valence electrons. The molecule has 0 bridgehead atoms. The van der Waals surface area contributed by atoms with Gasteiger partial charge in [-0.2, -0.15) is 0 Å². The average molecular weight is 422 g/mol. The Morgan fingerprint density at radius 2 is 1.61 bits per heavy atom. The van der Waals surface area contributed by atoms with Crippen molar-refractivity contribution >= 4 is 11.8 Å². The predicted octanol–water partition coefficient (Wildman–Crippen LogP) is 3.91. The fourth-order valence-corrected chi connectivity index (χ4v) is 4.18. The van der Waals surface area contributed by atoms with Crippen molar-refractivity contribution in [2.24, 2.45) is 5.73 Å². The van der Waals surface area contributed by atoms with E-state index in [9.17, 15) is 9.59 Å². The Hall–Kier alpha value is -2.66. The van der Waals surface area contributed by atoms with Crippen molar-refractivity contribution in [1.82, 2.24) is 10.2 Å². The number of piperidine rings is 1. The van der Waals surface area contributed by atoms with Crippen LogP contribution < -0.4 is 11.1 Å². The Balaban J connectivity index is 1.53. The monoisotopic (exact) mass is 421 g/mol. The van der Waals surface area contributed by atoms with Crippen molar-refractivity contribution < 1.29 is 9.59 Å². The molecule has 1 fully saturated rings. The van der Waals surface area contributed by atoms with E-state index in [1.807, 2.05) is 30.3 Å². The summed E-state index contributed by atoms with van der Waals surface area (Å²) in [7, 11) is 0. The van der Waals surface area contributed by atoms with E-state index in [1.54, 1.807) is 4.90 Å². The van der Waals surface area contributed by atoms with Crippen LogP contribution in [0.1, 0.15) is 50.5 Å². The molecular formula is C26H35N3O2. The molecule has 1 unspecified atom stereocenters. The lowest BCUT2D eigenvalue weighted by atomic mass is 9.99. The van der Waals surface area contributed by atoms with Crippen molar-refractivity contribution in [2.45, 2.75) is 57.4 Å². The van der Waals surface area contributed by atoms with Crippen LogP contribution in [0.3, 0.4) is 0 Å². The molecule has 1 heterocycles. The molecule has 0 aliphatic carbocycles. The van der Waals surface area contributed by atoms with Gasteiger partial charge in [0.25, 0.3) is 0 Å². The SMILES string of the molecule is NCCCCCCNC(=O)C1CCCCN1C(=O)Cc1ccc(-c2ccccc2)cc1. The van der Waals surface area contributed by atoms with Crippen molar-refractivity contribution in [3.63, 3.8) is 0 Å². The molecule has 0 spiro atoms. The first-order chi connectivity index (χ1) is 15.2. The highest BCUT2D eigenvalue weighted by atomic mass is 16.2. The molecule has 2 aromatic rings. The molecule has 2 amide bonds. The van der Waals surface area contributed by atoms with Gasteiger partial charge in [-0.05, 0) is 55.3 Å². The first-order valence-corrected chi connectivity index (χ1v) is 11.6. The molecular weight excluding hydrogens is 386 g/mol. The van der Waals surface area contributed by atoms with Crippen LogP contribution in [0.5, 0.6) is 0 Å². The Bertz CT molecular complexity index is 820. The summed E-state index contributed by atoms with van der Waals surface area (Å²) in [6.45, 7) is 2.05. The Kier molecular flexibility index (Phi) is 9.10. The van der Waals surface area contributed by atoms with Gasteiger partial charge in [0.2, 0.25) is 11.8 Å². The number of benzene rings is 2. The van der Waals surface area contributed by atoms with Gasteiger partial charge in [-0.15, -0.1) is 0 Å². The van der Waals surface area contributed by atoms with Gasteiger partial charge in [0.05, 0.1) is 6.42 Å². The number of unbranched alkanes of at least 4 members (excludes halogenated alkanes) is 3. The van der Waals surface area contributed by atoms with Crippen LogP contribution in [-0.2, 0) is 16.0 Å². The smallest absolute Gasteiger partial charge is 0.242 e. The molecule has 5 heteroatoms. The van der Waals surface area contributed by atoms with E-state index < -0.39 is 0 Å². The van der Waals surface area contributed by atoms with Crippen LogP contribution in [0.25, 0.3) is 11.1 Å². The molecule has 0 aromatic heterocycles. The van der Waals surface area contributed by atoms with Crippen LogP contribution in [0, 0.1) is 0 Å². The van der Waals surface area contributed by atoms with Gasteiger partial charge in [0.1, 0.15) is 6.04 Å². The molecule has 0 radical (unpaired) electrons. The minimum atomic E-state index is -0.339. The highest BCUT2D eigenvalue weighted by molar-refractivity contribution is 5.88. The third-order valence-electron chi connectivity index (χ3n) is 5.97. The lowest BCUT2D eigenvalue weighted by Gasteiger charge is -2.35. The van der Waals surface area contributed by atoms with E-state index in [1.165, 1.54) is 0 Å². The Morgan fingerprint density at radius 3 is 2.35 bits per heavy atom. The largest absolute Gasteiger partial charge is 0.354 e. The zero-order valence-electron chi connectivity index (χ0n) is 18.4. The Labute approximate surface area is 186 Å². The summed E-state index contributed by atoms with van der Waals surface area (Å²) in [5.74, 6) is 0.0292. The van der Waals surface area contributed by atoms with Gasteiger partial charge in [-0.1, -0.05) is 67.4 Å². The highest BCUT2D eigenvalue weighted by Crippen LogP contribution is 2.21. The summed E-state index contributed by atoms with van der Waals surface area (Å²) in [6, 6.07) is 18.0.